The fourth-order valence-electron chi connectivity index (χ4n) is 3.68. The molecule has 0 aromatic rings. The maximum Gasteiger partial charge on any atom is 0.305 e. The van der Waals surface area contributed by atoms with E-state index >= 15 is 0 Å². The van der Waals surface area contributed by atoms with Crippen LogP contribution in [0.3, 0.4) is 0 Å². The highest BCUT2D eigenvalue weighted by Gasteiger charge is 2.18. The highest BCUT2D eigenvalue weighted by molar-refractivity contribution is 5.75. The van der Waals surface area contributed by atoms with Crippen LogP contribution in [0.4, 0.5) is 0 Å². The van der Waals surface area contributed by atoms with Crippen molar-refractivity contribution in [3.63, 3.8) is 0 Å². The second kappa shape index (κ2) is 38.7. The van der Waals surface area contributed by atoms with E-state index in [0.717, 1.165) is 78.2 Å². The average molecular weight is 588 g/mol. The number of carbonyl (C=O) groups is 2. The van der Waals surface area contributed by atoms with E-state index in [0.29, 0.717) is 19.4 Å². The van der Waals surface area contributed by atoms with Crippen molar-refractivity contribution in [2.24, 2.45) is 0 Å². The van der Waals surface area contributed by atoms with Gasteiger partial charge in [0.15, 0.2) is 0 Å². The molecule has 1 unspecified atom stereocenters. The first-order valence-electron chi connectivity index (χ1n) is 16.7. The zero-order valence-electron chi connectivity index (χ0n) is 29.6. The summed E-state index contributed by atoms with van der Waals surface area (Å²) in [5.41, 5.74) is 0. The minimum atomic E-state index is -0.0869. The molecule has 0 rings (SSSR count). The standard InChI is InChI=1S/C21H43N3O2.C8H16O2.C3H8.C2H6/c1-7-11-14-24(15-12-20(5)25)19-21(26-10-4)18-23(9-3)17-16-22(6)13-8-2;1-3-5-6-7-10-8(9)4-2;1-3-2;1-2/h7,21H,1,8-19H2,2-6H3;3-7H2,1-2H3;3H2,1-2H3;1-2H3. The highest BCUT2D eigenvalue weighted by Crippen LogP contribution is 2.05. The molecule has 0 aliphatic rings. The number of rotatable bonds is 23. The van der Waals surface area contributed by atoms with Crippen LogP contribution in [0.15, 0.2) is 12.7 Å². The number of ether oxygens (including phenoxy) is 2. The highest BCUT2D eigenvalue weighted by atomic mass is 16.5. The summed E-state index contributed by atoms with van der Waals surface area (Å²) in [6.07, 6.45) is 9.92. The molecule has 0 aromatic carbocycles. The lowest BCUT2D eigenvalue weighted by molar-refractivity contribution is -0.143. The molecular weight excluding hydrogens is 514 g/mol. The number of likely N-dealkylation sites (N-methyl/N-ethyl adjacent to an activating group) is 2. The zero-order valence-corrected chi connectivity index (χ0v) is 29.6. The Morgan fingerprint density at radius 1 is 0.829 bits per heavy atom. The van der Waals surface area contributed by atoms with Gasteiger partial charge in [-0.1, -0.05) is 80.7 Å². The summed E-state index contributed by atoms with van der Waals surface area (Å²) >= 11 is 0. The molecule has 0 spiro atoms. The van der Waals surface area contributed by atoms with Crippen molar-refractivity contribution in [2.45, 2.75) is 127 Å². The molecule has 41 heavy (non-hydrogen) atoms. The summed E-state index contributed by atoms with van der Waals surface area (Å²) in [6, 6.07) is 0. The number of hydrogen-bond donors (Lipinski definition) is 0. The molecule has 7 heteroatoms. The van der Waals surface area contributed by atoms with E-state index in [1.807, 2.05) is 26.8 Å². The molecule has 248 valence electrons. The van der Waals surface area contributed by atoms with Gasteiger partial charge >= 0.3 is 5.97 Å². The van der Waals surface area contributed by atoms with Crippen LogP contribution in [-0.2, 0) is 19.1 Å². The molecule has 0 bridgehead atoms. The van der Waals surface area contributed by atoms with Crippen molar-refractivity contribution in [2.75, 3.05) is 72.6 Å². The summed E-state index contributed by atoms with van der Waals surface area (Å²) < 4.78 is 10.9. The Hall–Kier alpha value is -1.28. The van der Waals surface area contributed by atoms with Gasteiger partial charge in [-0.25, -0.2) is 0 Å². The van der Waals surface area contributed by atoms with Crippen molar-refractivity contribution in [3.8, 4) is 0 Å². The monoisotopic (exact) mass is 588 g/mol. The maximum atomic E-state index is 11.4. The summed E-state index contributed by atoms with van der Waals surface area (Å²) in [4.78, 5) is 29.1. The quantitative estimate of drug-likeness (QED) is 0.0697. The topological polar surface area (TPSA) is 62.3 Å². The van der Waals surface area contributed by atoms with Gasteiger partial charge in [0.25, 0.3) is 0 Å². The van der Waals surface area contributed by atoms with E-state index in [-0.39, 0.29) is 17.9 Å². The van der Waals surface area contributed by atoms with Gasteiger partial charge in [-0.3, -0.25) is 19.4 Å². The normalized spacial score (nSPS) is 11.1. The van der Waals surface area contributed by atoms with E-state index in [4.69, 9.17) is 9.47 Å². The van der Waals surface area contributed by atoms with Gasteiger partial charge in [-0.2, -0.15) is 0 Å². The molecule has 0 amide bonds. The molecule has 1 atom stereocenters. The summed E-state index contributed by atoms with van der Waals surface area (Å²) in [6.45, 7) is 33.4. The van der Waals surface area contributed by atoms with Gasteiger partial charge in [0.1, 0.15) is 5.78 Å². The second-order valence-corrected chi connectivity index (χ2v) is 10.1. The van der Waals surface area contributed by atoms with Crippen molar-refractivity contribution in [1.29, 1.82) is 0 Å². The summed E-state index contributed by atoms with van der Waals surface area (Å²) in [7, 11) is 2.19. The molecule has 0 saturated heterocycles. The van der Waals surface area contributed by atoms with Crippen LogP contribution in [0.25, 0.3) is 0 Å². The smallest absolute Gasteiger partial charge is 0.305 e. The van der Waals surface area contributed by atoms with E-state index < -0.39 is 0 Å². The fourth-order valence-corrected chi connectivity index (χ4v) is 3.68. The van der Waals surface area contributed by atoms with Crippen molar-refractivity contribution in [3.05, 3.63) is 12.7 Å². The number of esters is 1. The predicted octanol–water partition coefficient (Wildman–Crippen LogP) is 7.48. The van der Waals surface area contributed by atoms with Gasteiger partial charge < -0.3 is 14.4 Å². The Bertz CT molecular complexity index is 546. The zero-order chi connectivity index (χ0) is 32.3. The number of hydrogen-bond acceptors (Lipinski definition) is 7. The van der Waals surface area contributed by atoms with E-state index in [2.05, 4.69) is 69.9 Å². The fraction of sp³-hybridized carbons (Fsp3) is 0.882. The minimum Gasteiger partial charge on any atom is -0.466 e. The Labute approximate surface area is 257 Å². The SMILES string of the molecule is C=CCCN(CCC(C)=O)CC(CN(CC)CCN(C)CCC)OCC.CC.CCC.CCCCCOC(=O)CC. The van der Waals surface area contributed by atoms with Crippen LogP contribution in [-0.4, -0.2) is 105 Å². The van der Waals surface area contributed by atoms with Gasteiger partial charge in [0.05, 0.1) is 12.7 Å². The lowest BCUT2D eigenvalue weighted by Gasteiger charge is -2.31. The number of nitrogens with zero attached hydrogens (tertiary/aromatic N) is 3. The third-order valence-corrected chi connectivity index (χ3v) is 5.91. The number of carbonyl (C=O) groups excluding carboxylic acids is 2. The van der Waals surface area contributed by atoms with E-state index in [1.54, 1.807) is 6.92 Å². The molecule has 0 aliphatic heterocycles. The third-order valence-electron chi connectivity index (χ3n) is 5.91. The number of ketones is 1. The first-order valence-corrected chi connectivity index (χ1v) is 16.7. The molecule has 0 aliphatic carbocycles. The van der Waals surface area contributed by atoms with Crippen molar-refractivity contribution >= 4 is 11.8 Å². The van der Waals surface area contributed by atoms with Crippen LogP contribution in [0.1, 0.15) is 121 Å². The third kappa shape index (κ3) is 38.7. The molecule has 0 fully saturated rings. The Morgan fingerprint density at radius 3 is 1.90 bits per heavy atom. The van der Waals surface area contributed by atoms with Crippen LogP contribution in [0.5, 0.6) is 0 Å². The molecule has 0 radical (unpaired) electrons. The Kier molecular flexibility index (Phi) is 44.1. The second-order valence-electron chi connectivity index (χ2n) is 10.1. The Morgan fingerprint density at radius 2 is 1.44 bits per heavy atom. The van der Waals surface area contributed by atoms with Gasteiger partial charge in [0.2, 0.25) is 0 Å². The minimum absolute atomic E-state index is 0.0869. The van der Waals surface area contributed by atoms with E-state index in [1.165, 1.54) is 19.3 Å². The predicted molar refractivity (Wildman–Crippen MR) is 180 cm³/mol. The van der Waals surface area contributed by atoms with Gasteiger partial charge in [-0.05, 0) is 53.2 Å². The molecule has 0 N–H and O–H groups in total. The Balaban J connectivity index is -0.000000377. The summed E-state index contributed by atoms with van der Waals surface area (Å²) in [5.74, 6) is 0.159. The van der Waals surface area contributed by atoms with Crippen LogP contribution in [0.2, 0.25) is 0 Å². The summed E-state index contributed by atoms with van der Waals surface area (Å²) in [5, 5.41) is 0. The van der Waals surface area contributed by atoms with Crippen LogP contribution < -0.4 is 0 Å². The lowest BCUT2D eigenvalue weighted by Crippen LogP contribution is -2.44. The molecule has 0 heterocycles. The van der Waals surface area contributed by atoms with Crippen LogP contribution in [0, 0.1) is 0 Å². The van der Waals surface area contributed by atoms with Crippen molar-refractivity contribution in [1.82, 2.24) is 14.7 Å². The first kappa shape index (κ1) is 46.7. The molecule has 7 nitrogen and oxygen atoms in total. The number of unbranched alkanes of at least 4 members (excludes halogenated alkanes) is 2. The molecular formula is C34H73N3O4. The average Bonchev–Trinajstić information content (AvgIpc) is 2.96. The number of Topliss-reactive ketones (excluding diaryl/α,β-unsaturated/α-hetero) is 1. The van der Waals surface area contributed by atoms with Crippen molar-refractivity contribution < 1.29 is 19.1 Å². The molecule has 0 aromatic heterocycles. The first-order chi connectivity index (χ1) is 19.7. The largest absolute Gasteiger partial charge is 0.466 e. The van der Waals surface area contributed by atoms with Crippen LogP contribution >= 0.6 is 0 Å². The molecule has 0 saturated carbocycles. The van der Waals surface area contributed by atoms with Gasteiger partial charge in [0, 0.05) is 58.7 Å². The maximum absolute atomic E-state index is 11.4. The van der Waals surface area contributed by atoms with Gasteiger partial charge in [-0.15, -0.1) is 6.58 Å². The lowest BCUT2D eigenvalue weighted by atomic mass is 10.2. The van der Waals surface area contributed by atoms with E-state index in [9.17, 15) is 9.59 Å².